The van der Waals surface area contributed by atoms with Crippen LogP contribution in [0.5, 0.6) is 0 Å². The standard InChI is InChI=1S/C16H21BrN2O3/c1-4-6-15(22-10(3)20)19-9-11-8-18-14(17)7-12(11)16(21)13(19)5-2/h7-8,13,15H,4-6,9H2,1-3H3/t13?,15-/m0/s1. The summed E-state index contributed by atoms with van der Waals surface area (Å²) in [5, 5.41) is 0. The van der Waals surface area contributed by atoms with E-state index >= 15 is 0 Å². The van der Waals surface area contributed by atoms with Crippen molar-refractivity contribution in [3.05, 3.63) is 28.0 Å². The van der Waals surface area contributed by atoms with Crippen molar-refractivity contribution in [2.24, 2.45) is 0 Å². The van der Waals surface area contributed by atoms with Crippen LogP contribution in [0.2, 0.25) is 0 Å². The lowest BCUT2D eigenvalue weighted by Crippen LogP contribution is -2.51. The largest absolute Gasteiger partial charge is 0.446 e. The second-order valence-corrected chi connectivity index (χ2v) is 6.29. The Hall–Kier alpha value is -1.27. The number of hydrogen-bond donors (Lipinski definition) is 0. The lowest BCUT2D eigenvalue weighted by Gasteiger charge is -2.39. The molecule has 0 fully saturated rings. The third-order valence-electron chi connectivity index (χ3n) is 3.87. The molecule has 0 N–H and O–H groups in total. The number of ketones is 1. The van der Waals surface area contributed by atoms with Gasteiger partial charge in [0.2, 0.25) is 0 Å². The molecule has 1 unspecified atom stereocenters. The molecule has 22 heavy (non-hydrogen) atoms. The molecule has 0 amide bonds. The van der Waals surface area contributed by atoms with Crippen LogP contribution in [0.1, 0.15) is 56.0 Å². The van der Waals surface area contributed by atoms with Gasteiger partial charge in [0.1, 0.15) is 4.60 Å². The summed E-state index contributed by atoms with van der Waals surface area (Å²) in [5.74, 6) is -0.249. The summed E-state index contributed by atoms with van der Waals surface area (Å²) < 4.78 is 6.11. The topological polar surface area (TPSA) is 59.5 Å². The third kappa shape index (κ3) is 3.55. The quantitative estimate of drug-likeness (QED) is 0.589. The van der Waals surface area contributed by atoms with Gasteiger partial charge in [0.25, 0.3) is 0 Å². The molecule has 0 saturated heterocycles. The molecule has 0 spiro atoms. The molecule has 0 aliphatic carbocycles. The van der Waals surface area contributed by atoms with Crippen LogP contribution in [-0.4, -0.2) is 33.9 Å². The number of carbonyl (C=O) groups excluding carboxylic acids is 2. The van der Waals surface area contributed by atoms with Crippen molar-refractivity contribution < 1.29 is 14.3 Å². The van der Waals surface area contributed by atoms with Gasteiger partial charge in [-0.15, -0.1) is 0 Å². The number of carbonyl (C=O) groups is 2. The molecule has 0 radical (unpaired) electrons. The summed E-state index contributed by atoms with van der Waals surface area (Å²) >= 11 is 3.32. The highest BCUT2D eigenvalue weighted by Gasteiger charge is 2.37. The number of pyridine rings is 1. The summed E-state index contributed by atoms with van der Waals surface area (Å²) in [5.41, 5.74) is 1.59. The number of aromatic nitrogens is 1. The minimum absolute atomic E-state index is 0.0695. The SMILES string of the molecule is CCC[C@H](OC(C)=O)N1Cc2cnc(Br)cc2C(=O)C1CC. The van der Waals surface area contributed by atoms with E-state index < -0.39 is 0 Å². The number of rotatable bonds is 5. The Kier molecular flexibility index (Phi) is 5.69. The predicted molar refractivity (Wildman–Crippen MR) is 86.4 cm³/mol. The highest BCUT2D eigenvalue weighted by molar-refractivity contribution is 9.10. The van der Waals surface area contributed by atoms with Gasteiger partial charge in [-0.3, -0.25) is 14.5 Å². The second-order valence-electron chi connectivity index (χ2n) is 5.48. The van der Waals surface area contributed by atoms with Crippen molar-refractivity contribution >= 4 is 27.7 Å². The maximum absolute atomic E-state index is 12.8. The molecule has 1 aromatic heterocycles. The van der Waals surface area contributed by atoms with Crippen LogP contribution < -0.4 is 0 Å². The van der Waals surface area contributed by atoms with Crippen LogP contribution in [0.4, 0.5) is 0 Å². The van der Waals surface area contributed by atoms with Gasteiger partial charge < -0.3 is 4.74 Å². The van der Waals surface area contributed by atoms with Crippen molar-refractivity contribution in [1.29, 1.82) is 0 Å². The van der Waals surface area contributed by atoms with Crippen LogP contribution in [0.15, 0.2) is 16.9 Å². The van der Waals surface area contributed by atoms with E-state index in [0.29, 0.717) is 29.6 Å². The zero-order chi connectivity index (χ0) is 16.3. The van der Waals surface area contributed by atoms with E-state index in [2.05, 4.69) is 20.9 Å². The molecular weight excluding hydrogens is 348 g/mol. The van der Waals surface area contributed by atoms with E-state index in [1.807, 2.05) is 18.7 Å². The zero-order valence-electron chi connectivity index (χ0n) is 13.1. The molecule has 0 saturated carbocycles. The average molecular weight is 369 g/mol. The Morgan fingerprint density at radius 2 is 2.27 bits per heavy atom. The number of ether oxygens (including phenoxy) is 1. The summed E-state index contributed by atoms with van der Waals surface area (Å²) in [7, 11) is 0. The van der Waals surface area contributed by atoms with E-state index in [9.17, 15) is 9.59 Å². The number of Topliss-reactive ketones (excluding diaryl/α,β-unsaturated/α-hetero) is 1. The summed E-state index contributed by atoms with van der Waals surface area (Å²) in [6.45, 7) is 5.99. The molecule has 1 aliphatic heterocycles. The second kappa shape index (κ2) is 7.33. The highest BCUT2D eigenvalue weighted by atomic mass is 79.9. The highest BCUT2D eigenvalue weighted by Crippen LogP contribution is 2.29. The molecule has 2 atom stereocenters. The molecule has 2 rings (SSSR count). The van der Waals surface area contributed by atoms with Crippen LogP contribution in [0.25, 0.3) is 0 Å². The molecule has 1 aliphatic rings. The molecule has 0 bridgehead atoms. The van der Waals surface area contributed by atoms with E-state index in [0.717, 1.165) is 12.0 Å². The van der Waals surface area contributed by atoms with Crippen molar-refractivity contribution in [3.8, 4) is 0 Å². The van der Waals surface area contributed by atoms with E-state index in [-0.39, 0.29) is 24.0 Å². The lowest BCUT2D eigenvalue weighted by molar-refractivity contribution is -0.160. The van der Waals surface area contributed by atoms with Gasteiger partial charge >= 0.3 is 5.97 Å². The monoisotopic (exact) mass is 368 g/mol. The molecule has 0 aromatic carbocycles. The number of nitrogens with zero attached hydrogens (tertiary/aromatic N) is 2. The lowest BCUT2D eigenvalue weighted by atomic mass is 9.92. The average Bonchev–Trinajstić information content (AvgIpc) is 2.47. The Balaban J connectivity index is 2.36. The Bertz CT molecular complexity index is 577. The van der Waals surface area contributed by atoms with Crippen LogP contribution in [0, 0.1) is 0 Å². The summed E-state index contributed by atoms with van der Waals surface area (Å²) in [4.78, 5) is 30.4. The van der Waals surface area contributed by atoms with Gasteiger partial charge in [0.05, 0.1) is 6.04 Å². The van der Waals surface area contributed by atoms with Gasteiger partial charge in [-0.1, -0.05) is 20.3 Å². The van der Waals surface area contributed by atoms with Crippen molar-refractivity contribution in [3.63, 3.8) is 0 Å². The van der Waals surface area contributed by atoms with Gasteiger partial charge in [-0.25, -0.2) is 4.98 Å². The normalized spacial score (nSPS) is 19.6. The van der Waals surface area contributed by atoms with Crippen LogP contribution in [-0.2, 0) is 16.1 Å². The minimum Gasteiger partial charge on any atom is -0.446 e. The first-order valence-corrected chi connectivity index (χ1v) is 8.38. The fourth-order valence-electron chi connectivity index (χ4n) is 2.90. The molecule has 1 aromatic rings. The van der Waals surface area contributed by atoms with Gasteiger partial charge in [-0.05, 0) is 40.4 Å². The Morgan fingerprint density at radius 1 is 1.55 bits per heavy atom. The summed E-state index contributed by atoms with van der Waals surface area (Å²) in [6, 6.07) is 1.51. The number of hydrogen-bond acceptors (Lipinski definition) is 5. The number of esters is 1. The fourth-order valence-corrected chi connectivity index (χ4v) is 3.24. The maximum Gasteiger partial charge on any atom is 0.304 e. The van der Waals surface area contributed by atoms with Crippen molar-refractivity contribution in [2.45, 2.75) is 58.8 Å². The first-order valence-electron chi connectivity index (χ1n) is 7.59. The molecule has 5 nitrogen and oxygen atoms in total. The minimum atomic E-state index is -0.367. The summed E-state index contributed by atoms with van der Waals surface area (Å²) in [6.07, 6.45) is 3.62. The smallest absolute Gasteiger partial charge is 0.304 e. The number of halogens is 1. The maximum atomic E-state index is 12.8. The molecule has 120 valence electrons. The van der Waals surface area contributed by atoms with E-state index in [4.69, 9.17) is 4.74 Å². The van der Waals surface area contributed by atoms with Crippen molar-refractivity contribution in [2.75, 3.05) is 0 Å². The van der Waals surface area contributed by atoms with Crippen LogP contribution in [0.3, 0.4) is 0 Å². The fraction of sp³-hybridized carbons (Fsp3) is 0.562. The first-order chi connectivity index (χ1) is 10.5. The Labute approximate surface area is 139 Å². The molecule has 6 heteroatoms. The number of fused-ring (bicyclic) bond motifs is 1. The van der Waals surface area contributed by atoms with Gasteiger partial charge in [0.15, 0.2) is 12.0 Å². The Morgan fingerprint density at radius 3 is 2.86 bits per heavy atom. The van der Waals surface area contributed by atoms with Crippen molar-refractivity contribution in [1.82, 2.24) is 9.88 Å². The van der Waals surface area contributed by atoms with E-state index in [1.165, 1.54) is 6.92 Å². The first kappa shape index (κ1) is 17.1. The zero-order valence-corrected chi connectivity index (χ0v) is 14.7. The van der Waals surface area contributed by atoms with Crippen LogP contribution >= 0.6 is 15.9 Å². The van der Waals surface area contributed by atoms with Gasteiger partial charge in [0, 0.05) is 25.2 Å². The van der Waals surface area contributed by atoms with E-state index in [1.54, 1.807) is 12.3 Å². The molecular formula is C16H21BrN2O3. The third-order valence-corrected chi connectivity index (χ3v) is 4.30. The molecule has 2 heterocycles. The predicted octanol–water partition coefficient (Wildman–Crippen LogP) is 3.31. The van der Waals surface area contributed by atoms with Gasteiger partial charge in [-0.2, -0.15) is 0 Å².